The van der Waals surface area contributed by atoms with Crippen LogP contribution in [0.1, 0.15) is 19.4 Å². The fourth-order valence-electron chi connectivity index (χ4n) is 1.29. The molecule has 0 bridgehead atoms. The molecule has 3 nitrogen and oxygen atoms in total. The number of hydrogen-bond donors (Lipinski definition) is 0. The van der Waals surface area contributed by atoms with Crippen LogP contribution in [0, 0.1) is 11.3 Å². The fourth-order valence-corrected chi connectivity index (χ4v) is 1.29. The molecule has 3 heteroatoms. The van der Waals surface area contributed by atoms with Crippen molar-refractivity contribution in [3.63, 3.8) is 0 Å². The molecule has 0 aliphatic heterocycles. The van der Waals surface area contributed by atoms with Gasteiger partial charge in [-0.2, -0.15) is 5.26 Å². The number of nitrogens with zero attached hydrogens (tertiary/aromatic N) is 2. The molecule has 86 valence electrons. The van der Waals surface area contributed by atoms with Gasteiger partial charge < -0.3 is 4.74 Å². The number of nitriles is 1. The van der Waals surface area contributed by atoms with E-state index in [1.54, 1.807) is 7.11 Å². The molecule has 0 atom stereocenters. The third kappa shape index (κ3) is 2.98. The van der Waals surface area contributed by atoms with Crippen LogP contribution in [-0.2, 0) is 6.54 Å². The standard InChI is InChI=1S/C13H18N2O/c1-13(2,10-14)15(3)9-11-5-7-12(16-4)8-6-11/h5-8H,9H2,1-4H3. The van der Waals surface area contributed by atoms with Crippen LogP contribution >= 0.6 is 0 Å². The molecule has 16 heavy (non-hydrogen) atoms. The first-order chi connectivity index (χ1) is 7.49. The summed E-state index contributed by atoms with van der Waals surface area (Å²) in [6.45, 7) is 4.58. The maximum atomic E-state index is 9.01. The minimum atomic E-state index is -0.445. The molecular formula is C13H18N2O. The van der Waals surface area contributed by atoms with E-state index in [1.165, 1.54) is 5.56 Å². The monoisotopic (exact) mass is 218 g/mol. The van der Waals surface area contributed by atoms with Crippen LogP contribution in [0.3, 0.4) is 0 Å². The van der Waals surface area contributed by atoms with Crippen LogP contribution in [0.25, 0.3) is 0 Å². The lowest BCUT2D eigenvalue weighted by Gasteiger charge is -2.28. The molecule has 0 unspecified atom stereocenters. The minimum absolute atomic E-state index is 0.445. The van der Waals surface area contributed by atoms with Gasteiger partial charge in [0.25, 0.3) is 0 Å². The molecule has 0 aliphatic rings. The molecule has 1 rings (SSSR count). The van der Waals surface area contributed by atoms with Crippen LogP contribution in [0.4, 0.5) is 0 Å². The predicted molar refractivity (Wildman–Crippen MR) is 64.2 cm³/mol. The largest absolute Gasteiger partial charge is 0.497 e. The van der Waals surface area contributed by atoms with Gasteiger partial charge in [0.2, 0.25) is 0 Å². The predicted octanol–water partition coefficient (Wildman–Crippen LogP) is 2.43. The summed E-state index contributed by atoms with van der Waals surface area (Å²) in [5.74, 6) is 0.853. The number of ether oxygens (including phenoxy) is 1. The lowest BCUT2D eigenvalue weighted by atomic mass is 10.0. The van der Waals surface area contributed by atoms with Gasteiger partial charge in [-0.05, 0) is 38.6 Å². The molecular weight excluding hydrogens is 200 g/mol. The lowest BCUT2D eigenvalue weighted by molar-refractivity contribution is 0.203. The highest BCUT2D eigenvalue weighted by Crippen LogP contribution is 2.17. The first-order valence-electron chi connectivity index (χ1n) is 5.25. The highest BCUT2D eigenvalue weighted by molar-refractivity contribution is 5.27. The van der Waals surface area contributed by atoms with Gasteiger partial charge in [-0.1, -0.05) is 12.1 Å². The van der Waals surface area contributed by atoms with Crippen LogP contribution in [0.2, 0.25) is 0 Å². The van der Waals surface area contributed by atoms with Crippen molar-refractivity contribution in [1.29, 1.82) is 5.26 Å². The van der Waals surface area contributed by atoms with Gasteiger partial charge in [0, 0.05) is 6.54 Å². The average Bonchev–Trinajstić information content (AvgIpc) is 2.30. The van der Waals surface area contributed by atoms with E-state index in [0.717, 1.165) is 12.3 Å². The number of hydrogen-bond acceptors (Lipinski definition) is 3. The van der Waals surface area contributed by atoms with Crippen molar-refractivity contribution in [3.05, 3.63) is 29.8 Å². The third-order valence-corrected chi connectivity index (χ3v) is 2.81. The quantitative estimate of drug-likeness (QED) is 0.778. The summed E-state index contributed by atoms with van der Waals surface area (Å²) >= 11 is 0. The van der Waals surface area contributed by atoms with E-state index in [1.807, 2.05) is 50.1 Å². The molecule has 0 spiro atoms. The molecule has 0 amide bonds. The number of rotatable bonds is 4. The molecule has 0 fully saturated rings. The Balaban J connectivity index is 2.71. The van der Waals surface area contributed by atoms with Gasteiger partial charge >= 0.3 is 0 Å². The molecule has 0 saturated heterocycles. The summed E-state index contributed by atoms with van der Waals surface area (Å²) in [5, 5.41) is 9.01. The zero-order valence-electron chi connectivity index (χ0n) is 10.3. The van der Waals surface area contributed by atoms with Gasteiger partial charge in [0.1, 0.15) is 11.3 Å². The summed E-state index contributed by atoms with van der Waals surface area (Å²) in [4.78, 5) is 2.02. The minimum Gasteiger partial charge on any atom is -0.497 e. The Morgan fingerprint density at radius 3 is 2.31 bits per heavy atom. The van der Waals surface area contributed by atoms with E-state index < -0.39 is 5.54 Å². The SMILES string of the molecule is COc1ccc(CN(C)C(C)(C)C#N)cc1. The average molecular weight is 218 g/mol. The molecule has 0 N–H and O–H groups in total. The summed E-state index contributed by atoms with van der Waals surface area (Å²) < 4.78 is 5.10. The van der Waals surface area contributed by atoms with Gasteiger partial charge in [-0.15, -0.1) is 0 Å². The second-order valence-corrected chi connectivity index (χ2v) is 4.37. The van der Waals surface area contributed by atoms with Crippen molar-refractivity contribution in [1.82, 2.24) is 4.90 Å². The maximum Gasteiger partial charge on any atom is 0.118 e. The Bertz CT molecular complexity index is 376. The van der Waals surface area contributed by atoms with Crippen molar-refractivity contribution in [2.24, 2.45) is 0 Å². The highest BCUT2D eigenvalue weighted by Gasteiger charge is 2.22. The summed E-state index contributed by atoms with van der Waals surface area (Å²) in [7, 11) is 3.60. The summed E-state index contributed by atoms with van der Waals surface area (Å²) in [6.07, 6.45) is 0. The van der Waals surface area contributed by atoms with Gasteiger partial charge in [0.05, 0.1) is 13.2 Å². The normalized spacial score (nSPS) is 11.2. The van der Waals surface area contributed by atoms with E-state index in [4.69, 9.17) is 10.00 Å². The number of benzene rings is 1. The van der Waals surface area contributed by atoms with E-state index in [2.05, 4.69) is 6.07 Å². The van der Waals surface area contributed by atoms with Gasteiger partial charge in [-0.3, -0.25) is 4.90 Å². The van der Waals surface area contributed by atoms with E-state index in [-0.39, 0.29) is 0 Å². The van der Waals surface area contributed by atoms with Crippen LogP contribution in [0.15, 0.2) is 24.3 Å². The van der Waals surface area contributed by atoms with Gasteiger partial charge in [0.15, 0.2) is 0 Å². The van der Waals surface area contributed by atoms with Crippen LogP contribution in [0.5, 0.6) is 5.75 Å². The second kappa shape index (κ2) is 5.00. The van der Waals surface area contributed by atoms with Crippen molar-refractivity contribution in [3.8, 4) is 11.8 Å². The molecule has 1 aromatic rings. The Morgan fingerprint density at radius 1 is 1.31 bits per heavy atom. The second-order valence-electron chi connectivity index (χ2n) is 4.37. The first kappa shape index (κ1) is 12.5. The topological polar surface area (TPSA) is 36.3 Å². The summed E-state index contributed by atoms with van der Waals surface area (Å²) in [6, 6.07) is 10.2. The molecule has 1 aromatic carbocycles. The van der Waals surface area contributed by atoms with Crippen molar-refractivity contribution in [2.75, 3.05) is 14.2 Å². The highest BCUT2D eigenvalue weighted by atomic mass is 16.5. The Kier molecular flexibility index (Phi) is 3.92. The molecule has 0 heterocycles. The Morgan fingerprint density at radius 2 is 1.88 bits per heavy atom. The number of methoxy groups -OCH3 is 1. The van der Waals surface area contributed by atoms with E-state index >= 15 is 0 Å². The molecule has 0 saturated carbocycles. The lowest BCUT2D eigenvalue weighted by Crippen LogP contribution is -2.38. The zero-order valence-corrected chi connectivity index (χ0v) is 10.3. The van der Waals surface area contributed by atoms with Crippen molar-refractivity contribution < 1.29 is 4.74 Å². The molecule has 0 aromatic heterocycles. The fraction of sp³-hybridized carbons (Fsp3) is 0.462. The zero-order chi connectivity index (χ0) is 12.2. The maximum absolute atomic E-state index is 9.01. The van der Waals surface area contributed by atoms with Gasteiger partial charge in [-0.25, -0.2) is 0 Å². The third-order valence-electron chi connectivity index (χ3n) is 2.81. The van der Waals surface area contributed by atoms with Crippen LogP contribution in [-0.4, -0.2) is 24.6 Å². The van der Waals surface area contributed by atoms with Crippen molar-refractivity contribution >= 4 is 0 Å². The molecule has 0 aliphatic carbocycles. The summed E-state index contributed by atoms with van der Waals surface area (Å²) in [5.41, 5.74) is 0.728. The van der Waals surface area contributed by atoms with E-state index in [0.29, 0.717) is 0 Å². The first-order valence-corrected chi connectivity index (χ1v) is 5.25. The van der Waals surface area contributed by atoms with Crippen LogP contribution < -0.4 is 4.74 Å². The molecule has 0 radical (unpaired) electrons. The Hall–Kier alpha value is -1.53. The van der Waals surface area contributed by atoms with E-state index in [9.17, 15) is 0 Å². The van der Waals surface area contributed by atoms with Crippen molar-refractivity contribution in [2.45, 2.75) is 25.9 Å². The Labute approximate surface area is 97.3 Å². The smallest absolute Gasteiger partial charge is 0.118 e.